The summed E-state index contributed by atoms with van der Waals surface area (Å²) in [5, 5.41) is 9.18. The lowest BCUT2D eigenvalue weighted by molar-refractivity contribution is 0.230. The molecule has 0 aliphatic heterocycles. The van der Waals surface area contributed by atoms with E-state index in [1.54, 1.807) is 6.92 Å². The predicted octanol–water partition coefficient (Wildman–Crippen LogP) is 3.08. The summed E-state index contributed by atoms with van der Waals surface area (Å²) in [6, 6.07) is 0. The van der Waals surface area contributed by atoms with Gasteiger partial charge >= 0.3 is 0 Å². The first-order valence-electron chi connectivity index (χ1n) is 3.46. The quantitative estimate of drug-likeness (QED) is 0.745. The molecule has 1 N–H and O–H groups in total. The maximum absolute atomic E-state index is 13.2. The summed E-state index contributed by atoms with van der Waals surface area (Å²) in [6.45, 7) is 10.1. The largest absolute Gasteiger partial charge is 0.389 e. The molecule has 0 bridgehead atoms. The zero-order chi connectivity index (χ0) is 9.89. The minimum absolute atomic E-state index is 0.126. The molecule has 0 spiro atoms. The van der Waals surface area contributed by atoms with Gasteiger partial charge in [0.1, 0.15) is 5.83 Å². The predicted molar refractivity (Wildman–Crippen MR) is 52.7 cm³/mol. The highest BCUT2D eigenvalue weighted by atomic mass is 79.9. The van der Waals surface area contributed by atoms with Crippen LogP contribution in [0, 0.1) is 0 Å². The van der Waals surface area contributed by atoms with Crippen LogP contribution in [0.25, 0.3) is 0 Å². The Morgan fingerprint density at radius 2 is 1.92 bits per heavy atom. The molecule has 1 atom stereocenters. The van der Waals surface area contributed by atoms with Crippen molar-refractivity contribution in [2.24, 2.45) is 0 Å². The van der Waals surface area contributed by atoms with E-state index in [1.807, 2.05) is 0 Å². The molecule has 0 aromatic carbocycles. The fourth-order valence-electron chi connectivity index (χ4n) is 0.873. The molecule has 0 amide bonds. The van der Waals surface area contributed by atoms with Crippen LogP contribution in [0.4, 0.5) is 4.39 Å². The molecule has 0 aromatic heterocycles. The molecular formula is C9H12BrFO. The fraction of sp³-hybridized carbons (Fsp3) is 0.333. The second-order valence-electron chi connectivity index (χ2n) is 2.59. The third-order valence-electron chi connectivity index (χ3n) is 1.35. The van der Waals surface area contributed by atoms with Crippen molar-refractivity contribution in [3.8, 4) is 0 Å². The van der Waals surface area contributed by atoms with E-state index in [0.29, 0.717) is 5.57 Å². The van der Waals surface area contributed by atoms with E-state index >= 15 is 0 Å². The maximum Gasteiger partial charge on any atom is 0.142 e. The standard InChI is InChI=1S/C9H12BrFO/c1-5(2)8(7(4)12)9(11)6(3)10/h7,12H,1,3H2,2,4H3/b9-8-. The summed E-state index contributed by atoms with van der Waals surface area (Å²) in [5.74, 6) is -0.544. The van der Waals surface area contributed by atoms with Gasteiger partial charge in [0, 0.05) is 10.1 Å². The smallest absolute Gasteiger partial charge is 0.142 e. The Balaban J connectivity index is 5.08. The van der Waals surface area contributed by atoms with Crippen LogP contribution in [-0.4, -0.2) is 11.2 Å². The van der Waals surface area contributed by atoms with E-state index in [2.05, 4.69) is 29.1 Å². The van der Waals surface area contributed by atoms with Gasteiger partial charge in [-0.25, -0.2) is 4.39 Å². The van der Waals surface area contributed by atoms with E-state index < -0.39 is 11.9 Å². The molecule has 0 saturated carbocycles. The number of rotatable bonds is 3. The number of halogens is 2. The van der Waals surface area contributed by atoms with Crippen LogP contribution in [0.2, 0.25) is 0 Å². The van der Waals surface area contributed by atoms with Crippen molar-refractivity contribution in [3.63, 3.8) is 0 Å². The SMILES string of the molecule is C=C(Br)/C(F)=C(\C(=C)C)C(C)O. The summed E-state index contributed by atoms with van der Waals surface area (Å²) in [7, 11) is 0. The Morgan fingerprint density at radius 3 is 2.00 bits per heavy atom. The van der Waals surface area contributed by atoms with Crippen molar-refractivity contribution in [2.75, 3.05) is 0 Å². The molecule has 0 aliphatic rings. The van der Waals surface area contributed by atoms with Gasteiger partial charge in [0.25, 0.3) is 0 Å². The Kier molecular flexibility index (Phi) is 4.42. The van der Waals surface area contributed by atoms with Crippen molar-refractivity contribution in [1.82, 2.24) is 0 Å². The van der Waals surface area contributed by atoms with Crippen LogP contribution >= 0.6 is 15.9 Å². The molecule has 0 heterocycles. The number of allylic oxidation sites excluding steroid dienone is 2. The number of aliphatic hydroxyl groups is 1. The molecule has 3 heteroatoms. The molecule has 0 fully saturated rings. The Bertz CT molecular complexity index is 241. The third-order valence-corrected chi connectivity index (χ3v) is 1.70. The molecule has 1 nitrogen and oxygen atoms in total. The summed E-state index contributed by atoms with van der Waals surface area (Å²) < 4.78 is 13.3. The maximum atomic E-state index is 13.2. The molecule has 0 rings (SSSR count). The van der Waals surface area contributed by atoms with Crippen LogP contribution in [0.5, 0.6) is 0 Å². The van der Waals surface area contributed by atoms with Gasteiger partial charge in [0.2, 0.25) is 0 Å². The zero-order valence-corrected chi connectivity index (χ0v) is 8.78. The topological polar surface area (TPSA) is 20.2 Å². The van der Waals surface area contributed by atoms with Gasteiger partial charge in [-0.05, 0) is 35.4 Å². The van der Waals surface area contributed by atoms with Crippen LogP contribution < -0.4 is 0 Å². The molecule has 68 valence electrons. The van der Waals surface area contributed by atoms with Gasteiger partial charge < -0.3 is 5.11 Å². The summed E-state index contributed by atoms with van der Waals surface area (Å²) in [4.78, 5) is 0. The molecule has 1 unspecified atom stereocenters. The molecule has 0 aliphatic carbocycles. The average molecular weight is 235 g/mol. The van der Waals surface area contributed by atoms with E-state index in [9.17, 15) is 9.50 Å². The molecule has 0 aromatic rings. The van der Waals surface area contributed by atoms with Gasteiger partial charge in [0.15, 0.2) is 0 Å². The van der Waals surface area contributed by atoms with E-state index in [0.717, 1.165) is 0 Å². The summed E-state index contributed by atoms with van der Waals surface area (Å²) in [5.41, 5.74) is 0.694. The van der Waals surface area contributed by atoms with Crippen molar-refractivity contribution >= 4 is 15.9 Å². The van der Waals surface area contributed by atoms with Crippen LogP contribution in [0.3, 0.4) is 0 Å². The summed E-state index contributed by atoms with van der Waals surface area (Å²) >= 11 is 2.90. The first-order valence-corrected chi connectivity index (χ1v) is 4.25. The lowest BCUT2D eigenvalue weighted by Gasteiger charge is -2.11. The number of hydrogen-bond acceptors (Lipinski definition) is 1. The average Bonchev–Trinajstić information content (AvgIpc) is 1.85. The fourth-order valence-corrected chi connectivity index (χ4v) is 1.09. The van der Waals surface area contributed by atoms with Crippen molar-refractivity contribution < 1.29 is 9.50 Å². The lowest BCUT2D eigenvalue weighted by Crippen LogP contribution is -2.07. The highest BCUT2D eigenvalue weighted by molar-refractivity contribution is 9.11. The minimum Gasteiger partial charge on any atom is -0.389 e. The second kappa shape index (κ2) is 4.58. The molecule has 0 saturated heterocycles. The van der Waals surface area contributed by atoms with E-state index in [-0.39, 0.29) is 10.1 Å². The van der Waals surface area contributed by atoms with Crippen LogP contribution in [-0.2, 0) is 0 Å². The van der Waals surface area contributed by atoms with Gasteiger partial charge in [-0.3, -0.25) is 0 Å². The number of hydrogen-bond donors (Lipinski definition) is 1. The van der Waals surface area contributed by atoms with E-state index in [1.165, 1.54) is 6.92 Å². The Labute approximate surface area is 80.4 Å². The highest BCUT2D eigenvalue weighted by Crippen LogP contribution is 2.26. The lowest BCUT2D eigenvalue weighted by atomic mass is 10.0. The third kappa shape index (κ3) is 2.91. The Hall–Kier alpha value is -0.410. The van der Waals surface area contributed by atoms with Crippen molar-refractivity contribution in [2.45, 2.75) is 20.0 Å². The number of aliphatic hydroxyl groups excluding tert-OH is 1. The first kappa shape index (κ1) is 11.6. The van der Waals surface area contributed by atoms with Crippen LogP contribution in [0.1, 0.15) is 13.8 Å². The zero-order valence-electron chi connectivity index (χ0n) is 7.19. The van der Waals surface area contributed by atoms with Gasteiger partial charge in [-0.2, -0.15) is 0 Å². The minimum atomic E-state index is -0.864. The van der Waals surface area contributed by atoms with Crippen molar-refractivity contribution in [3.05, 3.63) is 34.6 Å². The molecular weight excluding hydrogens is 223 g/mol. The van der Waals surface area contributed by atoms with Gasteiger partial charge in [0.05, 0.1) is 6.10 Å². The normalized spacial score (nSPS) is 15.1. The second-order valence-corrected chi connectivity index (χ2v) is 3.55. The highest BCUT2D eigenvalue weighted by Gasteiger charge is 2.13. The van der Waals surface area contributed by atoms with Gasteiger partial charge in [-0.15, -0.1) is 0 Å². The first-order chi connectivity index (χ1) is 5.37. The molecule has 0 radical (unpaired) electrons. The summed E-state index contributed by atoms with van der Waals surface area (Å²) in [6.07, 6.45) is -0.864. The monoisotopic (exact) mass is 234 g/mol. The van der Waals surface area contributed by atoms with Gasteiger partial charge in [-0.1, -0.05) is 13.2 Å². The molecule has 12 heavy (non-hydrogen) atoms. The Morgan fingerprint density at radius 1 is 1.50 bits per heavy atom. The van der Waals surface area contributed by atoms with Crippen molar-refractivity contribution in [1.29, 1.82) is 0 Å². The van der Waals surface area contributed by atoms with Crippen LogP contribution in [0.15, 0.2) is 34.6 Å². The van der Waals surface area contributed by atoms with E-state index in [4.69, 9.17) is 0 Å².